The van der Waals surface area contributed by atoms with Crippen LogP contribution in [0.25, 0.3) is 6.08 Å². The van der Waals surface area contributed by atoms with Crippen LogP contribution in [0, 0.1) is 11.3 Å². The predicted molar refractivity (Wildman–Crippen MR) is 136 cm³/mol. The van der Waals surface area contributed by atoms with Gasteiger partial charge in [-0.25, -0.2) is 4.79 Å². The van der Waals surface area contributed by atoms with Crippen molar-refractivity contribution in [2.45, 2.75) is 39.2 Å². The number of nitrogens with one attached hydrogen (secondary N) is 1. The van der Waals surface area contributed by atoms with Crippen LogP contribution in [0.3, 0.4) is 0 Å². The van der Waals surface area contributed by atoms with Crippen LogP contribution in [0.4, 0.5) is 5.00 Å². The molecular weight excluding hydrogens is 460 g/mol. The molecule has 0 spiro atoms. The first-order valence-corrected chi connectivity index (χ1v) is 12.4. The number of benzene rings is 2. The first-order chi connectivity index (χ1) is 17.1. The number of ether oxygens (including phenoxy) is 2. The van der Waals surface area contributed by atoms with Crippen LogP contribution in [0.2, 0.25) is 0 Å². The molecule has 2 aromatic carbocycles. The van der Waals surface area contributed by atoms with E-state index in [1.54, 1.807) is 19.1 Å². The molecule has 0 atom stereocenters. The summed E-state index contributed by atoms with van der Waals surface area (Å²) in [5, 5.41) is 13.0. The highest BCUT2D eigenvalue weighted by atomic mass is 32.1. The molecule has 1 aliphatic rings. The Morgan fingerprint density at radius 3 is 2.60 bits per heavy atom. The zero-order chi connectivity index (χ0) is 24.6. The number of hydrogen-bond donors (Lipinski definition) is 1. The lowest BCUT2D eigenvalue weighted by Gasteiger charge is -2.12. The van der Waals surface area contributed by atoms with Crippen LogP contribution >= 0.6 is 11.3 Å². The summed E-state index contributed by atoms with van der Waals surface area (Å²) >= 11 is 1.39. The number of carbonyl (C=O) groups is 2. The van der Waals surface area contributed by atoms with E-state index in [0.29, 0.717) is 28.5 Å². The minimum Gasteiger partial charge on any atom is -0.488 e. The summed E-state index contributed by atoms with van der Waals surface area (Å²) in [5.74, 6) is -0.449. The number of fused-ring (bicyclic) bond motifs is 1. The SMILES string of the molecule is CCOC(=O)c1c(NC(=O)/C(C#N)=C/c2ccccc2OCc2ccccc2)sc2c1CCCC2. The molecule has 7 heteroatoms. The lowest BCUT2D eigenvalue weighted by Crippen LogP contribution is -2.16. The van der Waals surface area contributed by atoms with Crippen molar-refractivity contribution in [3.8, 4) is 11.8 Å². The topological polar surface area (TPSA) is 88.4 Å². The van der Waals surface area contributed by atoms with Crippen molar-refractivity contribution in [1.82, 2.24) is 0 Å². The number of para-hydroxylation sites is 1. The van der Waals surface area contributed by atoms with Gasteiger partial charge in [-0.15, -0.1) is 11.3 Å². The van der Waals surface area contributed by atoms with Gasteiger partial charge < -0.3 is 14.8 Å². The first kappa shape index (κ1) is 24.2. The van der Waals surface area contributed by atoms with Crippen molar-refractivity contribution in [3.05, 3.63) is 87.3 Å². The molecule has 3 aromatic rings. The Bertz CT molecular complexity index is 1290. The molecular formula is C28H26N2O4S. The molecule has 178 valence electrons. The van der Waals surface area contributed by atoms with Gasteiger partial charge in [0.15, 0.2) is 0 Å². The lowest BCUT2D eigenvalue weighted by atomic mass is 9.95. The molecule has 1 aromatic heterocycles. The van der Waals surface area contributed by atoms with Crippen molar-refractivity contribution >= 4 is 34.3 Å². The molecule has 1 N–H and O–H groups in total. The van der Waals surface area contributed by atoms with Crippen molar-refractivity contribution in [3.63, 3.8) is 0 Å². The van der Waals surface area contributed by atoms with Crippen LogP contribution in [0.1, 0.15) is 51.7 Å². The van der Waals surface area contributed by atoms with Gasteiger partial charge in [-0.3, -0.25) is 4.79 Å². The van der Waals surface area contributed by atoms with E-state index in [-0.39, 0.29) is 12.2 Å². The smallest absolute Gasteiger partial charge is 0.341 e. The van der Waals surface area contributed by atoms with E-state index >= 15 is 0 Å². The van der Waals surface area contributed by atoms with Gasteiger partial charge in [0.05, 0.1) is 12.2 Å². The summed E-state index contributed by atoms with van der Waals surface area (Å²) in [6, 6.07) is 19.0. The molecule has 1 aliphatic carbocycles. The number of nitrogens with zero attached hydrogens (tertiary/aromatic N) is 1. The molecule has 1 amide bonds. The van der Waals surface area contributed by atoms with Crippen LogP contribution in [0.15, 0.2) is 60.2 Å². The summed E-state index contributed by atoms with van der Waals surface area (Å²) in [6.45, 7) is 2.37. The molecule has 0 fully saturated rings. The average molecular weight is 487 g/mol. The molecule has 0 unspecified atom stereocenters. The Labute approximate surface area is 208 Å². The Hall–Kier alpha value is -3.89. The largest absolute Gasteiger partial charge is 0.488 e. The van der Waals surface area contributed by atoms with Gasteiger partial charge in [0.25, 0.3) is 5.91 Å². The molecule has 0 bridgehead atoms. The van der Waals surface area contributed by atoms with Crippen molar-refractivity contribution in [2.75, 3.05) is 11.9 Å². The van der Waals surface area contributed by atoms with Gasteiger partial charge in [0.1, 0.15) is 29.0 Å². The number of esters is 1. The highest BCUT2D eigenvalue weighted by Crippen LogP contribution is 2.39. The number of aryl methyl sites for hydroxylation is 1. The Kier molecular flexibility index (Phi) is 7.96. The maximum atomic E-state index is 13.1. The fraction of sp³-hybridized carbons (Fsp3) is 0.250. The first-order valence-electron chi connectivity index (χ1n) is 11.6. The highest BCUT2D eigenvalue weighted by Gasteiger charge is 2.27. The van der Waals surface area contributed by atoms with Crippen LogP contribution < -0.4 is 10.1 Å². The molecule has 6 nitrogen and oxygen atoms in total. The van der Waals surface area contributed by atoms with E-state index in [1.807, 2.05) is 48.5 Å². The molecule has 0 aliphatic heterocycles. The quantitative estimate of drug-likeness (QED) is 0.242. The lowest BCUT2D eigenvalue weighted by molar-refractivity contribution is -0.112. The van der Waals surface area contributed by atoms with Gasteiger partial charge >= 0.3 is 5.97 Å². The third-order valence-electron chi connectivity index (χ3n) is 5.70. The number of carbonyl (C=O) groups excluding carboxylic acids is 2. The third kappa shape index (κ3) is 5.79. The summed E-state index contributed by atoms with van der Waals surface area (Å²) in [7, 11) is 0. The van der Waals surface area contributed by atoms with Gasteiger partial charge in [-0.2, -0.15) is 5.26 Å². The van der Waals surface area contributed by atoms with Gasteiger partial charge in [-0.05, 0) is 55.9 Å². The zero-order valence-electron chi connectivity index (χ0n) is 19.5. The molecule has 0 saturated heterocycles. The second-order valence-electron chi connectivity index (χ2n) is 8.07. The fourth-order valence-corrected chi connectivity index (χ4v) is 5.29. The van der Waals surface area contributed by atoms with E-state index in [9.17, 15) is 14.9 Å². The fourth-order valence-electron chi connectivity index (χ4n) is 4.01. The second kappa shape index (κ2) is 11.5. The number of hydrogen-bond acceptors (Lipinski definition) is 6. The summed E-state index contributed by atoms with van der Waals surface area (Å²) < 4.78 is 11.2. The normalized spacial score (nSPS) is 12.9. The van der Waals surface area contributed by atoms with Crippen LogP contribution in [0.5, 0.6) is 5.75 Å². The maximum Gasteiger partial charge on any atom is 0.341 e. The van der Waals surface area contributed by atoms with Crippen molar-refractivity contribution in [1.29, 1.82) is 5.26 Å². The van der Waals surface area contributed by atoms with Crippen molar-refractivity contribution < 1.29 is 19.1 Å². The van der Waals surface area contributed by atoms with E-state index in [4.69, 9.17) is 9.47 Å². The molecule has 4 rings (SSSR count). The average Bonchev–Trinajstić information content (AvgIpc) is 3.25. The third-order valence-corrected chi connectivity index (χ3v) is 6.91. The predicted octanol–water partition coefficient (Wildman–Crippen LogP) is 5.93. The molecule has 0 radical (unpaired) electrons. The van der Waals surface area contributed by atoms with Gasteiger partial charge in [0, 0.05) is 10.4 Å². The standard InChI is InChI=1S/C28H26N2O4S/c1-2-33-28(32)25-22-13-7-9-15-24(22)35-27(25)30-26(31)21(17-29)16-20-12-6-8-14-23(20)34-18-19-10-4-3-5-11-19/h3-6,8,10-12,14,16H,2,7,9,13,15,18H2,1H3,(H,30,31)/b21-16+. The Balaban J connectivity index is 1.58. The minimum absolute atomic E-state index is 0.0815. The number of rotatable bonds is 8. The van der Waals surface area contributed by atoms with Crippen LogP contribution in [-0.4, -0.2) is 18.5 Å². The second-order valence-corrected chi connectivity index (χ2v) is 9.18. The number of amides is 1. The summed E-state index contributed by atoms with van der Waals surface area (Å²) in [4.78, 5) is 26.9. The number of thiophene rings is 1. The van der Waals surface area contributed by atoms with Crippen LogP contribution in [-0.2, 0) is 29.0 Å². The summed E-state index contributed by atoms with van der Waals surface area (Å²) in [5.41, 5.74) is 2.92. The summed E-state index contributed by atoms with van der Waals surface area (Å²) in [6.07, 6.45) is 5.20. The van der Waals surface area contributed by atoms with Gasteiger partial charge in [0.2, 0.25) is 0 Å². The van der Waals surface area contributed by atoms with E-state index in [2.05, 4.69) is 5.32 Å². The van der Waals surface area contributed by atoms with Crippen molar-refractivity contribution in [2.24, 2.45) is 0 Å². The Morgan fingerprint density at radius 2 is 1.83 bits per heavy atom. The van der Waals surface area contributed by atoms with Gasteiger partial charge in [-0.1, -0.05) is 48.5 Å². The van der Waals surface area contributed by atoms with E-state index in [1.165, 1.54) is 17.4 Å². The molecule has 0 saturated carbocycles. The number of anilines is 1. The molecule has 35 heavy (non-hydrogen) atoms. The Morgan fingerprint density at radius 1 is 1.09 bits per heavy atom. The zero-order valence-corrected chi connectivity index (χ0v) is 20.3. The monoisotopic (exact) mass is 486 g/mol. The highest BCUT2D eigenvalue weighted by molar-refractivity contribution is 7.17. The minimum atomic E-state index is -0.575. The van der Waals surface area contributed by atoms with E-state index in [0.717, 1.165) is 41.7 Å². The molecule has 1 heterocycles. The maximum absolute atomic E-state index is 13.1. The van der Waals surface area contributed by atoms with E-state index < -0.39 is 11.9 Å². The number of nitriles is 1.